The Bertz CT molecular complexity index is 101. The van der Waals surface area contributed by atoms with Crippen LogP contribution < -0.4 is 0 Å². The summed E-state index contributed by atoms with van der Waals surface area (Å²) in [5, 5.41) is 0. The molecule has 0 rings (SSSR count). The number of carbonyl (C=O) groups excluding carboxylic acids is 1. The number of rotatable bonds is 3. The van der Waals surface area contributed by atoms with Crippen LogP contribution in [0.25, 0.3) is 0 Å². The summed E-state index contributed by atoms with van der Waals surface area (Å²) in [6, 6.07) is 0. The lowest BCUT2D eigenvalue weighted by Crippen LogP contribution is -2.30. The zero-order valence-electron chi connectivity index (χ0n) is 5.23. The fourth-order valence-electron chi connectivity index (χ4n) is 0.175. The van der Waals surface area contributed by atoms with E-state index in [1.807, 2.05) is 0 Å². The van der Waals surface area contributed by atoms with Crippen LogP contribution in [0, 0.1) is 0 Å². The van der Waals surface area contributed by atoms with Crippen LogP contribution in [0.15, 0.2) is 0 Å². The first kappa shape index (κ1) is 9.43. The average molecular weight is 260 g/mol. The zero-order chi connectivity index (χ0) is 7.49. The first-order valence-electron chi connectivity index (χ1n) is 2.40. The number of carbonyl (C=O) groups is 1. The highest BCUT2D eigenvalue weighted by atomic mass is 79.9. The quantitative estimate of drug-likeness (QED) is 0.573. The van der Waals surface area contributed by atoms with Gasteiger partial charge in [-0.1, -0.05) is 31.9 Å². The molecule has 0 N–H and O–H groups in total. The van der Waals surface area contributed by atoms with Gasteiger partial charge in [0.25, 0.3) is 6.47 Å². The molecule has 0 heterocycles. The number of halogens is 2. The molecule has 0 saturated heterocycles. The molecular formula is C5H8Br2O2. The Balaban J connectivity index is 3.84. The summed E-state index contributed by atoms with van der Waals surface area (Å²) >= 11 is 6.46. The van der Waals surface area contributed by atoms with Gasteiger partial charge < -0.3 is 4.74 Å². The van der Waals surface area contributed by atoms with Crippen molar-refractivity contribution in [2.45, 2.75) is 23.2 Å². The number of alkyl halides is 2. The molecule has 0 aliphatic heterocycles. The summed E-state index contributed by atoms with van der Waals surface area (Å²) in [5.41, 5.74) is -0.484. The molecule has 4 heteroatoms. The van der Waals surface area contributed by atoms with E-state index in [-0.39, 0.29) is 3.74 Å². The lowest BCUT2D eigenvalue weighted by atomic mass is 10.2. The van der Waals surface area contributed by atoms with Crippen LogP contribution in [0.1, 0.15) is 13.8 Å². The summed E-state index contributed by atoms with van der Waals surface area (Å²) < 4.78 is 4.71. The molecule has 2 nitrogen and oxygen atoms in total. The lowest BCUT2D eigenvalue weighted by molar-refractivity contribution is -0.138. The van der Waals surface area contributed by atoms with Gasteiger partial charge in [-0.15, -0.1) is 0 Å². The molecule has 0 amide bonds. The van der Waals surface area contributed by atoms with E-state index in [4.69, 9.17) is 4.74 Å². The molecule has 0 spiro atoms. The van der Waals surface area contributed by atoms with E-state index in [1.54, 1.807) is 13.8 Å². The maximum atomic E-state index is 9.86. The van der Waals surface area contributed by atoms with E-state index in [1.165, 1.54) is 0 Å². The largest absolute Gasteiger partial charge is 0.460 e. The van der Waals surface area contributed by atoms with Crippen LogP contribution >= 0.6 is 31.9 Å². The molecule has 0 aliphatic carbocycles. The normalized spacial score (nSPS) is 11.7. The SMILES string of the molecule is CC(C)(OC=O)C(Br)Br. The van der Waals surface area contributed by atoms with Crippen LogP contribution in [-0.2, 0) is 9.53 Å². The molecule has 0 aromatic heterocycles. The van der Waals surface area contributed by atoms with Gasteiger partial charge >= 0.3 is 0 Å². The molecule has 0 atom stereocenters. The van der Waals surface area contributed by atoms with Gasteiger partial charge in [0.1, 0.15) is 9.34 Å². The fraction of sp³-hybridized carbons (Fsp3) is 0.800. The van der Waals surface area contributed by atoms with Gasteiger partial charge in [-0.25, -0.2) is 0 Å². The Labute approximate surface area is 71.2 Å². The van der Waals surface area contributed by atoms with E-state index >= 15 is 0 Å². The summed E-state index contributed by atoms with van der Waals surface area (Å²) in [7, 11) is 0. The van der Waals surface area contributed by atoms with E-state index < -0.39 is 5.60 Å². The molecule has 0 unspecified atom stereocenters. The van der Waals surface area contributed by atoms with Gasteiger partial charge in [-0.2, -0.15) is 0 Å². The lowest BCUT2D eigenvalue weighted by Gasteiger charge is -2.23. The van der Waals surface area contributed by atoms with Crippen molar-refractivity contribution < 1.29 is 9.53 Å². The van der Waals surface area contributed by atoms with Crippen LogP contribution in [0.2, 0.25) is 0 Å². The summed E-state index contributed by atoms with van der Waals surface area (Å²) in [6.07, 6.45) is 0. The van der Waals surface area contributed by atoms with Gasteiger partial charge in [0.15, 0.2) is 0 Å². The third-order valence-electron chi connectivity index (χ3n) is 0.877. The monoisotopic (exact) mass is 258 g/mol. The summed E-state index contributed by atoms with van der Waals surface area (Å²) in [5.74, 6) is 0. The Hall–Kier alpha value is 0.430. The Morgan fingerprint density at radius 1 is 1.56 bits per heavy atom. The second-order valence-electron chi connectivity index (χ2n) is 2.12. The molecule has 0 fully saturated rings. The zero-order valence-corrected chi connectivity index (χ0v) is 8.40. The average Bonchev–Trinajstić information content (AvgIpc) is 1.65. The van der Waals surface area contributed by atoms with E-state index in [9.17, 15) is 4.79 Å². The minimum atomic E-state index is -0.484. The maximum Gasteiger partial charge on any atom is 0.293 e. The molecule has 0 aromatic carbocycles. The summed E-state index contributed by atoms with van der Waals surface area (Å²) in [6.45, 7) is 4.04. The minimum absolute atomic E-state index is 0.0114. The highest BCUT2D eigenvalue weighted by molar-refractivity contribution is 9.24. The predicted octanol–water partition coefficient (Wildman–Crippen LogP) is 2.05. The number of ether oxygens (including phenoxy) is 1. The highest BCUT2D eigenvalue weighted by Gasteiger charge is 2.26. The molecule has 0 aliphatic rings. The fourth-order valence-corrected chi connectivity index (χ4v) is 0.391. The second kappa shape index (κ2) is 3.56. The second-order valence-corrected chi connectivity index (χ2v) is 5.18. The molecule has 0 radical (unpaired) electrons. The van der Waals surface area contributed by atoms with Crippen molar-refractivity contribution in [3.8, 4) is 0 Å². The Morgan fingerprint density at radius 2 is 2.00 bits per heavy atom. The van der Waals surface area contributed by atoms with Crippen LogP contribution in [-0.4, -0.2) is 15.8 Å². The predicted molar refractivity (Wildman–Crippen MR) is 42.9 cm³/mol. The molecule has 54 valence electrons. The van der Waals surface area contributed by atoms with Crippen LogP contribution in [0.5, 0.6) is 0 Å². The van der Waals surface area contributed by atoms with E-state index in [2.05, 4.69) is 31.9 Å². The van der Waals surface area contributed by atoms with Crippen molar-refractivity contribution in [1.29, 1.82) is 0 Å². The first-order chi connectivity index (χ1) is 4.00. The Kier molecular flexibility index (Phi) is 3.73. The van der Waals surface area contributed by atoms with Gasteiger partial charge in [-0.05, 0) is 13.8 Å². The minimum Gasteiger partial charge on any atom is -0.460 e. The number of hydrogen-bond acceptors (Lipinski definition) is 2. The summed E-state index contributed by atoms with van der Waals surface area (Å²) in [4.78, 5) is 9.86. The number of hydrogen-bond donors (Lipinski definition) is 0. The topological polar surface area (TPSA) is 26.3 Å². The molecule has 0 bridgehead atoms. The molecule has 0 aromatic rings. The van der Waals surface area contributed by atoms with Crippen LogP contribution in [0.3, 0.4) is 0 Å². The van der Waals surface area contributed by atoms with Gasteiger partial charge in [0.2, 0.25) is 0 Å². The van der Waals surface area contributed by atoms with Gasteiger partial charge in [0, 0.05) is 0 Å². The third kappa shape index (κ3) is 3.20. The van der Waals surface area contributed by atoms with Gasteiger partial charge in [0.05, 0.1) is 0 Å². The van der Waals surface area contributed by atoms with Crippen molar-refractivity contribution >= 4 is 38.3 Å². The van der Waals surface area contributed by atoms with E-state index in [0.717, 1.165) is 0 Å². The first-order valence-corrected chi connectivity index (χ1v) is 4.23. The standard InChI is InChI=1S/C5H8Br2O2/c1-5(2,4(6)7)9-3-8/h3-4H,1-2H3. The van der Waals surface area contributed by atoms with E-state index in [0.29, 0.717) is 6.47 Å². The van der Waals surface area contributed by atoms with Crippen molar-refractivity contribution in [1.82, 2.24) is 0 Å². The molecule has 0 saturated carbocycles. The van der Waals surface area contributed by atoms with Crippen LogP contribution in [0.4, 0.5) is 0 Å². The van der Waals surface area contributed by atoms with Crippen molar-refractivity contribution in [2.75, 3.05) is 0 Å². The van der Waals surface area contributed by atoms with Crippen molar-refractivity contribution in [2.24, 2.45) is 0 Å². The highest BCUT2D eigenvalue weighted by Crippen LogP contribution is 2.25. The molecular weight excluding hydrogens is 252 g/mol. The Morgan fingerprint density at radius 3 is 2.11 bits per heavy atom. The molecule has 9 heavy (non-hydrogen) atoms. The maximum absolute atomic E-state index is 9.86. The third-order valence-corrected chi connectivity index (χ3v) is 3.08. The smallest absolute Gasteiger partial charge is 0.293 e. The van der Waals surface area contributed by atoms with Crippen molar-refractivity contribution in [3.05, 3.63) is 0 Å². The van der Waals surface area contributed by atoms with Gasteiger partial charge in [-0.3, -0.25) is 4.79 Å². The van der Waals surface area contributed by atoms with Crippen molar-refractivity contribution in [3.63, 3.8) is 0 Å².